The van der Waals surface area contributed by atoms with Crippen LogP contribution < -0.4 is 5.32 Å². The van der Waals surface area contributed by atoms with Crippen molar-refractivity contribution >= 4 is 33.7 Å². The van der Waals surface area contributed by atoms with Gasteiger partial charge in [0.2, 0.25) is 5.91 Å². The first-order chi connectivity index (χ1) is 10.9. The van der Waals surface area contributed by atoms with Crippen molar-refractivity contribution in [2.75, 3.05) is 6.26 Å². The Morgan fingerprint density at radius 1 is 1.17 bits per heavy atom. The smallest absolute Gasteiger partial charge is 0.328 e. The highest BCUT2D eigenvalue weighted by molar-refractivity contribution is 7.92. The molecule has 0 radical (unpaired) electrons. The van der Waals surface area contributed by atoms with E-state index in [1.165, 1.54) is 0 Å². The minimum Gasteiger partial charge on any atom is -0.461 e. The second-order valence-electron chi connectivity index (χ2n) is 6.19. The van der Waals surface area contributed by atoms with Crippen molar-refractivity contribution in [1.29, 1.82) is 5.41 Å². The molecule has 0 spiro atoms. The summed E-state index contributed by atoms with van der Waals surface area (Å²) in [6.45, 7) is 6.44. The molecule has 0 fully saturated rings. The summed E-state index contributed by atoms with van der Waals surface area (Å²) < 4.78 is 28.6. The number of hydrogen-bond donors (Lipinski definition) is 2. The number of esters is 1. The Morgan fingerprint density at radius 2 is 1.71 bits per heavy atom. The van der Waals surface area contributed by atoms with Crippen LogP contribution in [0.5, 0.6) is 0 Å². The zero-order valence-electron chi connectivity index (χ0n) is 14.7. The van der Waals surface area contributed by atoms with Gasteiger partial charge in [-0.1, -0.05) is 13.8 Å². The summed E-state index contributed by atoms with van der Waals surface area (Å²) in [4.78, 5) is 35.6. The average Bonchev–Trinajstić information content (AvgIpc) is 2.39. The monoisotopic (exact) mass is 362 g/mol. The van der Waals surface area contributed by atoms with Crippen LogP contribution in [0.4, 0.5) is 0 Å². The number of nitrogens with one attached hydrogen (secondary N) is 2. The summed E-state index contributed by atoms with van der Waals surface area (Å²) in [5.74, 6) is -2.53. The summed E-state index contributed by atoms with van der Waals surface area (Å²) in [6, 6.07) is -1.15. The fourth-order valence-electron chi connectivity index (χ4n) is 2.17. The van der Waals surface area contributed by atoms with Crippen LogP contribution in [0.3, 0.4) is 0 Å². The van der Waals surface area contributed by atoms with E-state index in [-0.39, 0.29) is 12.8 Å². The maximum absolute atomic E-state index is 12.3. The van der Waals surface area contributed by atoms with E-state index in [4.69, 9.17) is 10.1 Å². The van der Waals surface area contributed by atoms with Crippen molar-refractivity contribution in [1.82, 2.24) is 5.32 Å². The molecule has 0 saturated carbocycles. The zero-order chi connectivity index (χ0) is 19.1. The quantitative estimate of drug-likeness (QED) is 0.429. The molecular formula is C15H26N2O6S. The number of Topliss-reactive ketones (excluding diaryl/α,β-unsaturated/α-hetero) is 1. The lowest BCUT2D eigenvalue weighted by atomic mass is 10.1. The molecule has 0 aromatic rings. The topological polar surface area (TPSA) is 130 Å². The molecule has 1 amide bonds. The second-order valence-corrected chi connectivity index (χ2v) is 8.36. The van der Waals surface area contributed by atoms with Gasteiger partial charge in [-0.05, 0) is 26.2 Å². The minimum atomic E-state index is -3.66. The largest absolute Gasteiger partial charge is 0.461 e. The second kappa shape index (κ2) is 9.51. The molecule has 0 bridgehead atoms. The first-order valence-corrected chi connectivity index (χ1v) is 9.58. The van der Waals surface area contributed by atoms with Crippen molar-refractivity contribution < 1.29 is 27.5 Å². The molecule has 0 aromatic carbocycles. The summed E-state index contributed by atoms with van der Waals surface area (Å²) >= 11 is 0. The normalized spacial score (nSPS) is 14.1. The minimum absolute atomic E-state index is 0.0694. The van der Waals surface area contributed by atoms with E-state index in [9.17, 15) is 22.8 Å². The van der Waals surface area contributed by atoms with E-state index < -0.39 is 50.8 Å². The molecule has 0 rings (SSSR count). The maximum atomic E-state index is 12.3. The molecule has 0 aliphatic heterocycles. The van der Waals surface area contributed by atoms with Crippen LogP contribution in [-0.2, 0) is 29.0 Å². The number of ketones is 1. The van der Waals surface area contributed by atoms with Crippen molar-refractivity contribution in [3.63, 3.8) is 0 Å². The van der Waals surface area contributed by atoms with E-state index in [1.54, 1.807) is 27.7 Å². The first kappa shape index (κ1) is 22.2. The first-order valence-electron chi connectivity index (χ1n) is 7.63. The van der Waals surface area contributed by atoms with Crippen LogP contribution >= 0.6 is 0 Å². The van der Waals surface area contributed by atoms with Gasteiger partial charge < -0.3 is 15.5 Å². The Morgan fingerprint density at radius 3 is 2.08 bits per heavy atom. The number of sulfone groups is 1. The van der Waals surface area contributed by atoms with Gasteiger partial charge in [0.15, 0.2) is 15.6 Å². The fraction of sp³-hybridized carbons (Fsp3) is 0.733. The van der Waals surface area contributed by atoms with Crippen molar-refractivity contribution in [3.05, 3.63) is 0 Å². The maximum Gasteiger partial charge on any atom is 0.328 e. The Bertz CT molecular complexity index is 583. The Labute approximate surface area is 142 Å². The zero-order valence-corrected chi connectivity index (χ0v) is 15.5. The third-order valence-electron chi connectivity index (χ3n) is 3.12. The highest BCUT2D eigenvalue weighted by Crippen LogP contribution is 2.13. The molecule has 0 aliphatic rings. The molecule has 0 aliphatic carbocycles. The van der Waals surface area contributed by atoms with Crippen LogP contribution in [0.2, 0.25) is 0 Å². The van der Waals surface area contributed by atoms with E-state index >= 15 is 0 Å². The molecule has 9 heteroatoms. The average molecular weight is 362 g/mol. The number of rotatable bonds is 10. The lowest BCUT2D eigenvalue weighted by Crippen LogP contribution is -2.50. The lowest BCUT2D eigenvalue weighted by molar-refractivity contribution is -0.151. The highest BCUT2D eigenvalue weighted by atomic mass is 32.2. The van der Waals surface area contributed by atoms with Gasteiger partial charge in [-0.3, -0.25) is 9.59 Å². The van der Waals surface area contributed by atoms with Gasteiger partial charge in [-0.15, -0.1) is 0 Å². The fourth-order valence-corrected chi connectivity index (χ4v) is 3.61. The van der Waals surface area contributed by atoms with Crippen LogP contribution in [0.25, 0.3) is 0 Å². The van der Waals surface area contributed by atoms with E-state index in [2.05, 4.69) is 5.32 Å². The molecule has 0 aromatic heterocycles. The molecule has 0 saturated heterocycles. The molecule has 8 nitrogen and oxygen atoms in total. The van der Waals surface area contributed by atoms with Gasteiger partial charge in [0.1, 0.15) is 11.3 Å². The Hall–Kier alpha value is -1.77. The summed E-state index contributed by atoms with van der Waals surface area (Å²) in [7, 11) is -3.66. The van der Waals surface area contributed by atoms with Gasteiger partial charge in [0.05, 0.1) is 12.3 Å². The standard InChI is InChI=1S/C15H26N2O6S/c1-9(2)13(24(5,21)22)14(19)17-12(7-6-11(18)8-16)15(20)23-10(3)4/h8-10,12-13,16H,6-7H2,1-5H3,(H,17,19)/t12-,13-/m0/s1. The van der Waals surface area contributed by atoms with Gasteiger partial charge in [0, 0.05) is 12.7 Å². The van der Waals surface area contributed by atoms with Gasteiger partial charge in [-0.2, -0.15) is 0 Å². The molecule has 2 atom stereocenters. The van der Waals surface area contributed by atoms with Gasteiger partial charge in [-0.25, -0.2) is 13.2 Å². The third-order valence-corrected chi connectivity index (χ3v) is 4.80. The van der Waals surface area contributed by atoms with Gasteiger partial charge in [0.25, 0.3) is 0 Å². The number of carbonyl (C=O) groups excluding carboxylic acids is 3. The van der Waals surface area contributed by atoms with Crippen LogP contribution in [0.1, 0.15) is 40.5 Å². The predicted molar refractivity (Wildman–Crippen MR) is 89.7 cm³/mol. The van der Waals surface area contributed by atoms with Crippen molar-refractivity contribution in [3.8, 4) is 0 Å². The van der Waals surface area contributed by atoms with Crippen LogP contribution in [0.15, 0.2) is 0 Å². The van der Waals surface area contributed by atoms with Crippen LogP contribution in [-0.4, -0.2) is 55.9 Å². The van der Waals surface area contributed by atoms with Crippen LogP contribution in [0, 0.1) is 11.3 Å². The van der Waals surface area contributed by atoms with E-state index in [1.807, 2.05) is 0 Å². The highest BCUT2D eigenvalue weighted by Gasteiger charge is 2.35. The lowest BCUT2D eigenvalue weighted by Gasteiger charge is -2.23. The SMILES string of the molecule is CC(C)OC(=O)[C@H](CCC(=O)C=N)NC(=O)[C@H](C(C)C)S(C)(=O)=O. The molecule has 2 N–H and O–H groups in total. The Balaban J connectivity index is 5.27. The van der Waals surface area contributed by atoms with Crippen molar-refractivity contribution in [2.24, 2.45) is 5.92 Å². The van der Waals surface area contributed by atoms with E-state index in [0.717, 1.165) is 6.26 Å². The number of ether oxygens (including phenoxy) is 1. The van der Waals surface area contributed by atoms with E-state index in [0.29, 0.717) is 6.21 Å². The Kier molecular flexibility index (Phi) is 8.81. The van der Waals surface area contributed by atoms with Gasteiger partial charge >= 0.3 is 5.97 Å². The molecular weight excluding hydrogens is 336 g/mol. The number of amides is 1. The summed E-state index contributed by atoms with van der Waals surface area (Å²) in [5, 5.41) is 7.93. The summed E-state index contributed by atoms with van der Waals surface area (Å²) in [6.07, 6.45) is 0.954. The molecule has 138 valence electrons. The summed E-state index contributed by atoms with van der Waals surface area (Å²) in [5.41, 5.74) is 0. The molecule has 0 heterocycles. The molecule has 24 heavy (non-hydrogen) atoms. The predicted octanol–water partition coefficient (Wildman–Crippen LogP) is 0.491. The number of hydrogen-bond acceptors (Lipinski definition) is 7. The third kappa shape index (κ3) is 7.67. The molecule has 0 unspecified atom stereocenters. The van der Waals surface area contributed by atoms with Crippen molar-refractivity contribution in [2.45, 2.75) is 57.9 Å². The number of carbonyl (C=O) groups is 3.